The van der Waals surface area contributed by atoms with Crippen molar-refractivity contribution in [2.45, 2.75) is 220 Å². The number of aliphatic hydroxyl groups is 1. The Morgan fingerprint density at radius 3 is 1.81 bits per heavy atom. The van der Waals surface area contributed by atoms with E-state index in [1.807, 2.05) is 150 Å². The van der Waals surface area contributed by atoms with Crippen LogP contribution in [0.2, 0.25) is 5.02 Å². The predicted molar refractivity (Wildman–Crippen MR) is 385 cm³/mol. The van der Waals surface area contributed by atoms with Gasteiger partial charge in [0.2, 0.25) is 12.3 Å². The highest BCUT2D eigenvalue weighted by atomic mass is 35.5. The number of carbonyl (C=O) groups excluding carboxylic acids is 2. The SMILES string of the molecule is CC(C)NCC(O)COCc1ccccc1Cl.CCOc1cc(CN(C(=O)CC(C)C)C2CC2)ccc1OC(C)F.CCSC1CCCCC1NC(C)C.Cc1ccc(C(=O)c2ccc(OC(C)C)cc2)cc1.Cc1ccc(C(c2ccc(F)cc2)S(=O)(=O)C(C)C)cc1. The molecule has 94 heavy (non-hydrogen) atoms. The summed E-state index contributed by atoms with van der Waals surface area (Å²) in [6.45, 7) is 31.7. The van der Waals surface area contributed by atoms with Crippen molar-refractivity contribution in [1.82, 2.24) is 15.5 Å². The van der Waals surface area contributed by atoms with Crippen molar-refractivity contribution in [1.29, 1.82) is 0 Å². The molecule has 2 fully saturated rings. The third-order valence-electron chi connectivity index (χ3n) is 15.1. The Morgan fingerprint density at radius 1 is 0.713 bits per heavy atom. The molecule has 17 heteroatoms. The van der Waals surface area contributed by atoms with E-state index in [0.29, 0.717) is 102 Å². The van der Waals surface area contributed by atoms with E-state index in [1.165, 1.54) is 50.5 Å². The molecule has 5 unspecified atom stereocenters. The van der Waals surface area contributed by atoms with Crippen molar-refractivity contribution in [3.05, 3.63) is 195 Å². The topological polar surface area (TPSA) is 153 Å². The van der Waals surface area contributed by atoms with E-state index in [2.05, 4.69) is 57.0 Å². The summed E-state index contributed by atoms with van der Waals surface area (Å²) in [5, 5.41) is 16.8. The second-order valence-electron chi connectivity index (χ2n) is 25.6. The van der Waals surface area contributed by atoms with Gasteiger partial charge in [-0.3, -0.25) is 9.59 Å². The lowest BCUT2D eigenvalue weighted by molar-refractivity contribution is -0.133. The van der Waals surface area contributed by atoms with Gasteiger partial charge in [-0.25, -0.2) is 17.2 Å². The molecule has 0 saturated heterocycles. The predicted octanol–water partition coefficient (Wildman–Crippen LogP) is 17.6. The summed E-state index contributed by atoms with van der Waals surface area (Å²) < 4.78 is 73.3. The molecule has 0 bridgehead atoms. The molecule has 8 rings (SSSR count). The van der Waals surface area contributed by atoms with Crippen LogP contribution < -0.4 is 24.8 Å². The molecular formula is C77H108ClF2N3O9S2. The van der Waals surface area contributed by atoms with Gasteiger partial charge in [0.25, 0.3) is 0 Å². The maximum absolute atomic E-state index is 13.1. The summed E-state index contributed by atoms with van der Waals surface area (Å²) >= 11 is 8.13. The van der Waals surface area contributed by atoms with Crippen molar-refractivity contribution in [3.63, 3.8) is 0 Å². The number of hydrogen-bond donors (Lipinski definition) is 3. The molecule has 6 aromatic carbocycles. The fraction of sp³-hybridized carbons (Fsp3) is 0.506. The molecule has 0 spiro atoms. The number of aryl methyl sites for hydroxylation is 2. The number of aliphatic hydroxyl groups excluding tert-OH is 1. The lowest BCUT2D eigenvalue weighted by atomic mass is 9.94. The number of alkyl halides is 1. The van der Waals surface area contributed by atoms with E-state index >= 15 is 0 Å². The van der Waals surface area contributed by atoms with Gasteiger partial charge in [0.05, 0.1) is 37.3 Å². The Morgan fingerprint density at radius 2 is 1.29 bits per heavy atom. The highest BCUT2D eigenvalue weighted by molar-refractivity contribution is 7.99. The van der Waals surface area contributed by atoms with E-state index in [9.17, 15) is 31.9 Å². The second-order valence-corrected chi connectivity index (χ2v) is 30.1. The minimum Gasteiger partial charge on any atom is -0.491 e. The molecule has 518 valence electrons. The Balaban J connectivity index is 0.000000253. The minimum atomic E-state index is -3.39. The van der Waals surface area contributed by atoms with E-state index in [-0.39, 0.29) is 23.6 Å². The summed E-state index contributed by atoms with van der Waals surface area (Å²) in [4.78, 5) is 26.7. The highest BCUT2D eigenvalue weighted by Gasteiger charge is 2.34. The molecule has 0 aliphatic heterocycles. The van der Waals surface area contributed by atoms with Gasteiger partial charge >= 0.3 is 0 Å². The van der Waals surface area contributed by atoms with Gasteiger partial charge in [-0.1, -0.05) is 169 Å². The zero-order valence-corrected chi connectivity index (χ0v) is 60.8. The van der Waals surface area contributed by atoms with Gasteiger partial charge in [0.15, 0.2) is 27.1 Å². The highest BCUT2D eigenvalue weighted by Crippen LogP contribution is 2.36. The number of ketones is 1. The number of nitrogens with zero attached hydrogens (tertiary/aromatic N) is 1. The van der Waals surface area contributed by atoms with Crippen LogP contribution in [0.25, 0.3) is 0 Å². The first-order chi connectivity index (χ1) is 44.6. The van der Waals surface area contributed by atoms with Gasteiger partial charge in [-0.2, -0.15) is 11.8 Å². The van der Waals surface area contributed by atoms with Crippen LogP contribution in [0.4, 0.5) is 8.78 Å². The number of rotatable bonds is 28. The maximum atomic E-state index is 13.1. The van der Waals surface area contributed by atoms with Crippen LogP contribution in [-0.4, -0.2) is 109 Å². The monoisotopic (exact) mass is 1360 g/mol. The molecule has 2 saturated carbocycles. The number of nitrogens with one attached hydrogen (secondary N) is 2. The first kappa shape index (κ1) is 80.6. The molecule has 0 radical (unpaired) electrons. The number of halogens is 3. The standard InChI is InChI=1S/C19H28FNO3.C17H19FO2S.C17H18O2.C13H20ClNO2.C11H23NS/c1-5-23-18-11-15(6-9-17(18)24-14(4)20)12-21(16-7-8-16)19(22)10-13(2)3;1-12(2)21(19,20)17(14-6-4-13(3)5-7-14)15-8-10-16(18)11-9-15;1-12(2)19-16-10-8-15(9-11-16)17(18)14-6-4-13(3)5-7-14;1-10(2)15-7-12(16)9-17-8-11-5-3-4-6-13(11)14;1-4-13-11-8-6-5-7-10(11)12-9(2)3/h6,9,11,13-14,16H,5,7-8,10,12H2,1-4H3;4-12,17H,1-3H3;4-12H,1-3H3;3-6,10,12,15-16H,7-9H2,1-2H3;9-12H,4-8H2,1-3H3. The summed E-state index contributed by atoms with van der Waals surface area (Å²) in [5.41, 5.74) is 6.83. The molecule has 6 aromatic rings. The van der Waals surface area contributed by atoms with Crippen LogP contribution in [0.5, 0.6) is 17.2 Å². The molecule has 0 aromatic heterocycles. The van der Waals surface area contributed by atoms with Crippen LogP contribution in [-0.2, 0) is 32.5 Å². The Kier molecular flexibility index (Phi) is 36.0. The van der Waals surface area contributed by atoms with E-state index in [4.69, 9.17) is 30.5 Å². The number of carbonyl (C=O) groups is 2. The molecular weight excluding hydrogens is 1250 g/mol. The third-order valence-corrected chi connectivity index (χ3v) is 19.3. The van der Waals surface area contributed by atoms with Crippen molar-refractivity contribution in [2.24, 2.45) is 5.92 Å². The number of sulfone groups is 1. The Hall–Kier alpha value is -5.85. The fourth-order valence-electron chi connectivity index (χ4n) is 10.2. The van der Waals surface area contributed by atoms with Crippen molar-refractivity contribution in [3.8, 4) is 17.2 Å². The summed E-state index contributed by atoms with van der Waals surface area (Å²) in [6.07, 6.45) is 6.63. The molecule has 2 aliphatic carbocycles. The van der Waals surface area contributed by atoms with Crippen LogP contribution in [0.1, 0.15) is 190 Å². The van der Waals surface area contributed by atoms with Crippen molar-refractivity contribution >= 4 is 44.9 Å². The van der Waals surface area contributed by atoms with E-state index < -0.39 is 32.8 Å². The largest absolute Gasteiger partial charge is 0.491 e. The molecule has 12 nitrogen and oxygen atoms in total. The van der Waals surface area contributed by atoms with Gasteiger partial charge in [-0.05, 0) is 163 Å². The number of ether oxygens (including phenoxy) is 4. The lowest BCUT2D eigenvalue weighted by Crippen LogP contribution is -2.43. The van der Waals surface area contributed by atoms with Gasteiger partial charge in [0.1, 0.15) is 16.8 Å². The number of benzene rings is 6. The third kappa shape index (κ3) is 29.6. The molecule has 0 heterocycles. The van der Waals surface area contributed by atoms with Crippen LogP contribution in [0, 0.1) is 25.6 Å². The van der Waals surface area contributed by atoms with E-state index in [0.717, 1.165) is 52.1 Å². The normalized spacial score (nSPS) is 15.4. The summed E-state index contributed by atoms with van der Waals surface area (Å²) in [5.74, 6) is 3.17. The number of hydrogen-bond acceptors (Lipinski definition) is 12. The number of thioether (sulfide) groups is 1. The number of amides is 1. The quantitative estimate of drug-likeness (QED) is 0.0401. The lowest BCUT2D eigenvalue weighted by Gasteiger charge is -2.33. The first-order valence-electron chi connectivity index (χ1n) is 33.5. The summed E-state index contributed by atoms with van der Waals surface area (Å²) in [7, 11) is -3.39. The van der Waals surface area contributed by atoms with Crippen LogP contribution in [0.15, 0.2) is 140 Å². The van der Waals surface area contributed by atoms with Gasteiger partial charge in [-0.15, -0.1) is 0 Å². The van der Waals surface area contributed by atoms with Crippen LogP contribution in [0.3, 0.4) is 0 Å². The zero-order chi connectivity index (χ0) is 69.5. The molecule has 2 aliphatic rings. The van der Waals surface area contributed by atoms with Crippen LogP contribution >= 0.6 is 23.4 Å². The van der Waals surface area contributed by atoms with Gasteiger partial charge < -0.3 is 39.6 Å². The average molecular weight is 1360 g/mol. The maximum Gasteiger partial charge on any atom is 0.236 e. The minimum absolute atomic E-state index is 0.0381. The second kappa shape index (κ2) is 42.0. The molecule has 5 atom stereocenters. The zero-order valence-electron chi connectivity index (χ0n) is 58.4. The summed E-state index contributed by atoms with van der Waals surface area (Å²) in [6, 6.07) is 43.1. The van der Waals surface area contributed by atoms with Crippen molar-refractivity contribution in [2.75, 3.05) is 25.5 Å². The fourth-order valence-corrected chi connectivity index (χ4v) is 13.2. The Labute approximate surface area is 572 Å². The van der Waals surface area contributed by atoms with E-state index in [1.54, 1.807) is 44.2 Å². The average Bonchev–Trinajstić information content (AvgIpc) is 0.904. The Bertz CT molecular complexity index is 3190. The van der Waals surface area contributed by atoms with Crippen molar-refractivity contribution < 1.29 is 50.8 Å². The molecule has 3 N–H and O–H groups in total. The van der Waals surface area contributed by atoms with Gasteiger partial charge in [0, 0.05) is 72.0 Å². The smallest absolute Gasteiger partial charge is 0.236 e. The molecule has 1 amide bonds. The first-order valence-corrected chi connectivity index (χ1v) is 36.5.